The Hall–Kier alpha value is -1.06. The van der Waals surface area contributed by atoms with Crippen LogP contribution in [0.15, 0.2) is 24.3 Å². The van der Waals surface area contributed by atoms with E-state index in [4.69, 9.17) is 16.3 Å². The zero-order valence-electron chi connectivity index (χ0n) is 13.8. The number of carbonyl (C=O) groups excluding carboxylic acids is 1. The first-order valence-corrected chi connectivity index (χ1v) is 9.15. The molecule has 1 heterocycles. The van der Waals surface area contributed by atoms with E-state index in [1.165, 1.54) is 12.8 Å². The maximum absolute atomic E-state index is 12.9. The summed E-state index contributed by atoms with van der Waals surface area (Å²) in [6, 6.07) is 7.77. The minimum absolute atomic E-state index is 0.00968. The van der Waals surface area contributed by atoms with Crippen LogP contribution in [0.25, 0.3) is 0 Å². The summed E-state index contributed by atoms with van der Waals surface area (Å²) < 4.78 is 5.77. The van der Waals surface area contributed by atoms with Gasteiger partial charge >= 0.3 is 0 Å². The Morgan fingerprint density at radius 1 is 1.26 bits per heavy atom. The van der Waals surface area contributed by atoms with Crippen molar-refractivity contribution in [3.05, 3.63) is 34.9 Å². The van der Waals surface area contributed by atoms with Crippen LogP contribution in [0.1, 0.15) is 50.0 Å². The molecule has 1 aliphatic carbocycles. The number of carbonyl (C=O) groups is 1. The molecule has 1 aromatic rings. The van der Waals surface area contributed by atoms with Crippen LogP contribution in [0, 0.1) is 5.92 Å². The van der Waals surface area contributed by atoms with Crippen LogP contribution in [-0.2, 0) is 9.53 Å². The van der Waals surface area contributed by atoms with Crippen molar-refractivity contribution in [2.45, 2.75) is 50.5 Å². The normalized spacial score (nSPS) is 22.6. The van der Waals surface area contributed by atoms with Crippen LogP contribution < -0.4 is 0 Å². The largest absolute Gasteiger partial charge is 0.378 e. The molecule has 1 amide bonds. The summed E-state index contributed by atoms with van der Waals surface area (Å²) in [7, 11) is 1.93. The maximum Gasteiger partial charge on any atom is 0.230 e. The van der Waals surface area contributed by atoms with Gasteiger partial charge in [-0.3, -0.25) is 4.79 Å². The lowest BCUT2D eigenvalue weighted by Gasteiger charge is -2.27. The van der Waals surface area contributed by atoms with Gasteiger partial charge in [0.15, 0.2) is 0 Å². The fourth-order valence-corrected chi connectivity index (χ4v) is 3.56. The van der Waals surface area contributed by atoms with Crippen LogP contribution in [0.3, 0.4) is 0 Å². The third kappa shape index (κ3) is 4.48. The third-order valence-corrected chi connectivity index (χ3v) is 5.28. The third-order valence-electron chi connectivity index (χ3n) is 5.03. The number of rotatable bonds is 6. The molecule has 126 valence electrons. The second-order valence-electron chi connectivity index (χ2n) is 6.90. The van der Waals surface area contributed by atoms with Crippen LogP contribution in [0.4, 0.5) is 0 Å². The molecule has 0 radical (unpaired) electrons. The fraction of sp³-hybridized carbons (Fsp3) is 0.632. The summed E-state index contributed by atoms with van der Waals surface area (Å²) >= 11 is 5.98. The molecule has 2 unspecified atom stereocenters. The lowest BCUT2D eigenvalue weighted by molar-refractivity contribution is -0.132. The molecule has 0 spiro atoms. The van der Waals surface area contributed by atoms with Crippen LogP contribution >= 0.6 is 11.6 Å². The summed E-state index contributed by atoms with van der Waals surface area (Å²) in [5.41, 5.74) is 1.10. The molecule has 1 saturated carbocycles. The van der Waals surface area contributed by atoms with E-state index in [0.29, 0.717) is 12.0 Å². The number of likely N-dealkylation sites (N-methyl/N-ethyl adjacent to an activating group) is 1. The van der Waals surface area contributed by atoms with E-state index < -0.39 is 0 Å². The van der Waals surface area contributed by atoms with Gasteiger partial charge < -0.3 is 9.64 Å². The molecule has 3 rings (SSSR count). The minimum atomic E-state index is -0.00968. The number of hydrogen-bond donors (Lipinski definition) is 0. The quantitative estimate of drug-likeness (QED) is 0.777. The SMILES string of the molecule is CN(CCC1CCCCO1)C(=O)C(c1ccc(Cl)cc1)C1CC1. The number of halogens is 1. The summed E-state index contributed by atoms with van der Waals surface area (Å²) in [6.07, 6.45) is 7.13. The van der Waals surface area contributed by atoms with Crippen molar-refractivity contribution in [1.82, 2.24) is 4.90 Å². The van der Waals surface area contributed by atoms with Gasteiger partial charge in [-0.25, -0.2) is 0 Å². The first-order valence-electron chi connectivity index (χ1n) is 8.77. The number of benzene rings is 1. The Labute approximate surface area is 144 Å². The lowest BCUT2D eigenvalue weighted by Crippen LogP contribution is -2.35. The highest BCUT2D eigenvalue weighted by atomic mass is 35.5. The molecule has 2 aliphatic rings. The van der Waals surface area contributed by atoms with Gasteiger partial charge in [0.1, 0.15) is 0 Å². The molecular weight excluding hydrogens is 310 g/mol. The highest BCUT2D eigenvalue weighted by Crippen LogP contribution is 2.43. The monoisotopic (exact) mass is 335 g/mol. The molecular formula is C19H26ClNO2. The smallest absolute Gasteiger partial charge is 0.230 e. The van der Waals surface area contributed by atoms with E-state index in [1.54, 1.807) is 0 Å². The second kappa shape index (κ2) is 7.67. The van der Waals surface area contributed by atoms with E-state index in [-0.39, 0.29) is 11.8 Å². The van der Waals surface area contributed by atoms with E-state index >= 15 is 0 Å². The number of nitrogens with zero attached hydrogens (tertiary/aromatic N) is 1. The first kappa shape index (κ1) is 16.8. The van der Waals surface area contributed by atoms with E-state index in [0.717, 1.165) is 49.4 Å². The van der Waals surface area contributed by atoms with Crippen LogP contribution in [0.2, 0.25) is 5.02 Å². The summed E-state index contributed by atoms with van der Waals surface area (Å²) in [5.74, 6) is 0.729. The molecule has 1 saturated heterocycles. The molecule has 0 N–H and O–H groups in total. The van der Waals surface area contributed by atoms with Gasteiger partial charge in [-0.05, 0) is 62.1 Å². The fourth-order valence-electron chi connectivity index (χ4n) is 3.44. The highest BCUT2D eigenvalue weighted by molar-refractivity contribution is 6.30. The van der Waals surface area contributed by atoms with Gasteiger partial charge in [0.05, 0.1) is 12.0 Å². The van der Waals surface area contributed by atoms with Gasteiger partial charge in [-0.1, -0.05) is 23.7 Å². The van der Waals surface area contributed by atoms with Gasteiger partial charge in [0.25, 0.3) is 0 Å². The van der Waals surface area contributed by atoms with Crippen molar-refractivity contribution in [2.24, 2.45) is 5.92 Å². The Bertz CT molecular complexity index is 521. The van der Waals surface area contributed by atoms with Crippen LogP contribution in [0.5, 0.6) is 0 Å². The molecule has 0 aromatic heterocycles. The molecule has 2 fully saturated rings. The Kier molecular flexibility index (Phi) is 5.60. The Morgan fingerprint density at radius 3 is 2.61 bits per heavy atom. The van der Waals surface area contributed by atoms with Crippen LogP contribution in [-0.4, -0.2) is 37.1 Å². The van der Waals surface area contributed by atoms with Crippen molar-refractivity contribution < 1.29 is 9.53 Å². The minimum Gasteiger partial charge on any atom is -0.378 e. The highest BCUT2D eigenvalue weighted by Gasteiger charge is 2.38. The van der Waals surface area contributed by atoms with Gasteiger partial charge in [-0.15, -0.1) is 0 Å². The van der Waals surface area contributed by atoms with E-state index in [9.17, 15) is 4.79 Å². The first-order chi connectivity index (χ1) is 11.1. The average molecular weight is 336 g/mol. The van der Waals surface area contributed by atoms with Crippen molar-refractivity contribution in [2.75, 3.05) is 20.2 Å². The zero-order chi connectivity index (χ0) is 16.2. The predicted octanol–water partition coefficient (Wildman–Crippen LogP) is 4.25. The number of hydrogen-bond acceptors (Lipinski definition) is 2. The topological polar surface area (TPSA) is 29.5 Å². The van der Waals surface area contributed by atoms with Crippen molar-refractivity contribution in [1.29, 1.82) is 0 Å². The lowest BCUT2D eigenvalue weighted by atomic mass is 9.92. The van der Waals surface area contributed by atoms with Crippen molar-refractivity contribution in [3.63, 3.8) is 0 Å². The van der Waals surface area contributed by atoms with Gasteiger partial charge in [0, 0.05) is 25.2 Å². The number of ether oxygens (including phenoxy) is 1. The Morgan fingerprint density at radius 2 is 2.00 bits per heavy atom. The molecule has 1 aliphatic heterocycles. The van der Waals surface area contributed by atoms with E-state index in [2.05, 4.69) is 0 Å². The zero-order valence-corrected chi connectivity index (χ0v) is 14.6. The summed E-state index contributed by atoms with van der Waals surface area (Å²) in [6.45, 7) is 1.65. The maximum atomic E-state index is 12.9. The molecule has 2 atom stereocenters. The second-order valence-corrected chi connectivity index (χ2v) is 7.34. The van der Waals surface area contributed by atoms with Gasteiger partial charge in [-0.2, -0.15) is 0 Å². The molecule has 1 aromatic carbocycles. The van der Waals surface area contributed by atoms with E-state index in [1.807, 2.05) is 36.2 Å². The molecule has 4 heteroatoms. The predicted molar refractivity (Wildman–Crippen MR) is 92.8 cm³/mol. The molecule has 0 bridgehead atoms. The van der Waals surface area contributed by atoms with Gasteiger partial charge in [0.2, 0.25) is 5.91 Å². The molecule has 3 nitrogen and oxygen atoms in total. The number of amides is 1. The Balaban J connectivity index is 1.60. The standard InChI is InChI=1S/C19H26ClNO2/c1-21(12-11-17-4-2-3-13-23-17)19(22)18(14-5-6-14)15-7-9-16(20)10-8-15/h7-10,14,17-18H,2-6,11-13H2,1H3. The summed E-state index contributed by atoms with van der Waals surface area (Å²) in [5, 5.41) is 0.721. The average Bonchev–Trinajstić information content (AvgIpc) is 3.40. The van der Waals surface area contributed by atoms with Crippen molar-refractivity contribution >= 4 is 17.5 Å². The molecule has 23 heavy (non-hydrogen) atoms. The van der Waals surface area contributed by atoms with Crippen molar-refractivity contribution in [3.8, 4) is 0 Å². The summed E-state index contributed by atoms with van der Waals surface area (Å²) in [4.78, 5) is 14.8.